The summed E-state index contributed by atoms with van der Waals surface area (Å²) in [7, 11) is 0. The van der Waals surface area contributed by atoms with Gasteiger partial charge in [0, 0.05) is 38.1 Å². The van der Waals surface area contributed by atoms with Crippen LogP contribution in [0.2, 0.25) is 0 Å². The average Bonchev–Trinajstić information content (AvgIpc) is 3.12. The van der Waals surface area contributed by atoms with Crippen molar-refractivity contribution in [1.82, 2.24) is 9.97 Å². The first kappa shape index (κ1) is 17.2. The molecule has 0 aliphatic carbocycles. The monoisotopic (exact) mass is 428 g/mol. The van der Waals surface area contributed by atoms with Crippen molar-refractivity contribution in [2.45, 2.75) is 6.61 Å². The van der Waals surface area contributed by atoms with Crippen molar-refractivity contribution in [1.29, 1.82) is 0 Å². The van der Waals surface area contributed by atoms with Gasteiger partial charge in [0.2, 0.25) is 0 Å². The topological polar surface area (TPSA) is 48.9 Å². The summed E-state index contributed by atoms with van der Waals surface area (Å²) in [4.78, 5) is 8.16. The molecule has 0 aliphatic heterocycles. The fourth-order valence-electron chi connectivity index (χ4n) is 3.75. The van der Waals surface area contributed by atoms with Gasteiger partial charge in [-0.05, 0) is 41.0 Å². The van der Waals surface area contributed by atoms with E-state index in [0.717, 1.165) is 54.2 Å². The Kier molecular flexibility index (Phi) is 4.23. The number of benzene rings is 3. The summed E-state index contributed by atoms with van der Waals surface area (Å²) >= 11 is 3.52. The number of aromatic nitrogens is 2. The number of H-pyrrole nitrogens is 1. The normalized spacial score (nSPS) is 11.4. The molecule has 0 unspecified atom stereocenters. The fraction of sp³-hybridized carbons (Fsp3) is 0.0417. The van der Waals surface area contributed by atoms with Crippen LogP contribution in [0.5, 0.6) is 0 Å². The summed E-state index contributed by atoms with van der Waals surface area (Å²) in [6.45, 7) is 0.0170. The van der Waals surface area contributed by atoms with Crippen LogP contribution in [0.4, 0.5) is 0 Å². The number of aromatic amines is 1. The molecule has 5 aromatic rings. The van der Waals surface area contributed by atoms with Gasteiger partial charge in [0.25, 0.3) is 0 Å². The van der Waals surface area contributed by atoms with Gasteiger partial charge in [-0.3, -0.25) is 0 Å². The van der Waals surface area contributed by atoms with Gasteiger partial charge in [-0.1, -0.05) is 64.5 Å². The molecule has 0 aliphatic rings. The largest absolute Gasteiger partial charge is 0.392 e. The number of rotatable bonds is 3. The van der Waals surface area contributed by atoms with E-state index in [4.69, 9.17) is 4.98 Å². The SMILES string of the molecule is OCc1ccc2[nH]c3ncc(-c4ccc(Br)cc4)c(-c4ccccc4)c3c2c1. The highest BCUT2D eigenvalue weighted by molar-refractivity contribution is 9.10. The zero-order chi connectivity index (χ0) is 19.1. The molecule has 3 nitrogen and oxygen atoms in total. The second kappa shape index (κ2) is 6.89. The number of nitrogens with one attached hydrogen (secondary N) is 1. The molecule has 0 radical (unpaired) electrons. The van der Waals surface area contributed by atoms with Gasteiger partial charge in [0.15, 0.2) is 0 Å². The van der Waals surface area contributed by atoms with Crippen LogP contribution in [0, 0.1) is 0 Å². The van der Waals surface area contributed by atoms with E-state index in [9.17, 15) is 5.11 Å². The summed E-state index contributed by atoms with van der Waals surface area (Å²) < 4.78 is 1.05. The molecular weight excluding hydrogens is 412 g/mol. The van der Waals surface area contributed by atoms with Crippen LogP contribution >= 0.6 is 15.9 Å². The Hall–Kier alpha value is -2.95. The lowest BCUT2D eigenvalue weighted by Gasteiger charge is -2.12. The smallest absolute Gasteiger partial charge is 0.138 e. The van der Waals surface area contributed by atoms with Crippen LogP contribution in [0.3, 0.4) is 0 Å². The van der Waals surface area contributed by atoms with E-state index in [2.05, 4.69) is 57.3 Å². The Morgan fingerprint density at radius 2 is 1.68 bits per heavy atom. The molecule has 2 aromatic heterocycles. The van der Waals surface area contributed by atoms with E-state index in [-0.39, 0.29) is 6.61 Å². The molecule has 0 fully saturated rings. The van der Waals surface area contributed by atoms with Crippen molar-refractivity contribution in [2.24, 2.45) is 0 Å². The van der Waals surface area contributed by atoms with Crippen molar-refractivity contribution in [2.75, 3.05) is 0 Å². The van der Waals surface area contributed by atoms with Crippen LogP contribution in [-0.2, 0) is 6.61 Å². The van der Waals surface area contributed by atoms with Gasteiger partial charge >= 0.3 is 0 Å². The van der Waals surface area contributed by atoms with Crippen molar-refractivity contribution in [3.63, 3.8) is 0 Å². The highest BCUT2D eigenvalue weighted by Crippen LogP contribution is 2.40. The van der Waals surface area contributed by atoms with E-state index in [1.165, 1.54) is 0 Å². The van der Waals surface area contributed by atoms with Crippen LogP contribution in [0.25, 0.3) is 44.2 Å². The predicted octanol–water partition coefficient (Wildman–Crippen LogP) is 6.30. The molecule has 5 rings (SSSR count). The van der Waals surface area contributed by atoms with Crippen molar-refractivity contribution >= 4 is 37.9 Å². The second-order valence-corrected chi connectivity index (χ2v) is 7.72. The number of aliphatic hydroxyl groups is 1. The van der Waals surface area contributed by atoms with E-state index >= 15 is 0 Å². The van der Waals surface area contributed by atoms with Crippen molar-refractivity contribution in [3.8, 4) is 22.3 Å². The Morgan fingerprint density at radius 3 is 2.43 bits per heavy atom. The number of pyridine rings is 1. The molecule has 0 amide bonds. The lowest BCUT2D eigenvalue weighted by Crippen LogP contribution is -1.90. The Morgan fingerprint density at radius 1 is 0.893 bits per heavy atom. The molecule has 2 N–H and O–H groups in total. The number of hydrogen-bond acceptors (Lipinski definition) is 2. The Bertz CT molecular complexity index is 1290. The van der Waals surface area contributed by atoms with Gasteiger partial charge in [0.1, 0.15) is 5.65 Å². The Balaban J connectivity index is 1.92. The third-order valence-electron chi connectivity index (χ3n) is 5.09. The first-order valence-corrected chi connectivity index (χ1v) is 9.89. The van der Waals surface area contributed by atoms with Gasteiger partial charge in [0.05, 0.1) is 6.61 Å². The molecule has 2 heterocycles. The van der Waals surface area contributed by atoms with Gasteiger partial charge in [-0.25, -0.2) is 4.98 Å². The zero-order valence-electron chi connectivity index (χ0n) is 15.0. The maximum Gasteiger partial charge on any atom is 0.138 e. The number of fused-ring (bicyclic) bond motifs is 3. The van der Waals surface area contributed by atoms with Gasteiger partial charge in [-0.15, -0.1) is 0 Å². The van der Waals surface area contributed by atoms with Crippen molar-refractivity contribution < 1.29 is 5.11 Å². The molecule has 0 spiro atoms. The third kappa shape index (κ3) is 2.82. The molecule has 0 saturated heterocycles. The fourth-order valence-corrected chi connectivity index (χ4v) is 4.02. The first-order valence-electron chi connectivity index (χ1n) is 9.10. The first-order chi connectivity index (χ1) is 13.7. The van der Waals surface area contributed by atoms with Crippen LogP contribution in [0.1, 0.15) is 5.56 Å². The lowest BCUT2D eigenvalue weighted by atomic mass is 9.92. The second-order valence-electron chi connectivity index (χ2n) is 6.81. The summed E-state index contributed by atoms with van der Waals surface area (Å²) in [6, 6.07) is 24.7. The third-order valence-corrected chi connectivity index (χ3v) is 5.61. The molecule has 136 valence electrons. The highest BCUT2D eigenvalue weighted by atomic mass is 79.9. The minimum Gasteiger partial charge on any atom is -0.392 e. The maximum absolute atomic E-state index is 9.62. The predicted molar refractivity (Wildman–Crippen MR) is 118 cm³/mol. The molecule has 0 saturated carbocycles. The molecule has 28 heavy (non-hydrogen) atoms. The standard InChI is InChI=1S/C24H17BrN2O/c25-18-9-7-16(8-10-18)20-13-26-24-23(22(20)17-4-2-1-3-5-17)19-12-15(14-28)6-11-21(19)27-24/h1-13,28H,14H2,(H,26,27). The van der Waals surface area contributed by atoms with Gasteiger partial charge < -0.3 is 10.1 Å². The average molecular weight is 429 g/mol. The van der Waals surface area contributed by atoms with Crippen molar-refractivity contribution in [3.05, 3.63) is 89.0 Å². The zero-order valence-corrected chi connectivity index (χ0v) is 16.6. The minimum absolute atomic E-state index is 0.0170. The van der Waals surface area contributed by atoms with Gasteiger partial charge in [-0.2, -0.15) is 0 Å². The highest BCUT2D eigenvalue weighted by Gasteiger charge is 2.17. The molecular formula is C24H17BrN2O. The minimum atomic E-state index is 0.0170. The summed E-state index contributed by atoms with van der Waals surface area (Å²) in [6.07, 6.45) is 1.94. The molecule has 0 bridgehead atoms. The number of halogens is 1. The number of nitrogens with zero attached hydrogens (tertiary/aromatic N) is 1. The summed E-state index contributed by atoms with van der Waals surface area (Å²) in [5.74, 6) is 0. The number of hydrogen-bond donors (Lipinski definition) is 2. The molecule has 0 atom stereocenters. The summed E-state index contributed by atoms with van der Waals surface area (Å²) in [5.41, 5.74) is 7.25. The van der Waals surface area contributed by atoms with E-state index in [1.807, 2.05) is 42.6 Å². The quantitative estimate of drug-likeness (QED) is 0.353. The lowest BCUT2D eigenvalue weighted by molar-refractivity contribution is 0.282. The van der Waals surface area contributed by atoms with Crippen LogP contribution < -0.4 is 0 Å². The Labute approximate surface area is 170 Å². The van der Waals surface area contributed by atoms with E-state index < -0.39 is 0 Å². The van der Waals surface area contributed by atoms with E-state index in [0.29, 0.717) is 0 Å². The number of aliphatic hydroxyl groups excluding tert-OH is 1. The van der Waals surface area contributed by atoms with Crippen LogP contribution in [0.15, 0.2) is 83.5 Å². The maximum atomic E-state index is 9.62. The molecule has 4 heteroatoms. The van der Waals surface area contributed by atoms with Crippen LogP contribution in [-0.4, -0.2) is 15.1 Å². The molecule has 3 aromatic carbocycles. The summed E-state index contributed by atoms with van der Waals surface area (Å²) in [5, 5.41) is 11.8. The van der Waals surface area contributed by atoms with E-state index in [1.54, 1.807) is 0 Å².